The Kier molecular flexibility index (Phi) is 7.99. The lowest BCUT2D eigenvalue weighted by molar-refractivity contribution is -0.133. The van der Waals surface area contributed by atoms with Crippen LogP contribution in [0.2, 0.25) is 0 Å². The molecule has 0 aliphatic heterocycles. The number of nitrogens with one attached hydrogen (secondary N) is 1. The number of likely N-dealkylation sites (N-methyl/N-ethyl adjacent to an activating group) is 1. The lowest BCUT2D eigenvalue weighted by Gasteiger charge is -2.22. The summed E-state index contributed by atoms with van der Waals surface area (Å²) in [5, 5.41) is 36.6. The number of benzene rings is 4. The van der Waals surface area contributed by atoms with E-state index in [2.05, 4.69) is 5.32 Å². The van der Waals surface area contributed by atoms with Crippen LogP contribution in [-0.4, -0.2) is 41.2 Å². The molecule has 0 spiro atoms. The van der Waals surface area contributed by atoms with E-state index < -0.39 is 67.9 Å². The summed E-state index contributed by atoms with van der Waals surface area (Å²) in [6.45, 7) is 9.10. The molecular weight excluding hydrogens is 558 g/mol. The Morgan fingerprint density at radius 1 is 0.814 bits per heavy atom. The highest BCUT2D eigenvalue weighted by molar-refractivity contribution is 6.06. The number of ether oxygens (including phenoxy) is 1. The molecule has 0 atom stereocenters. The highest BCUT2D eigenvalue weighted by Crippen LogP contribution is 2.51. The van der Waals surface area contributed by atoms with E-state index >= 15 is 0 Å². The van der Waals surface area contributed by atoms with Crippen LogP contribution in [0, 0.1) is 13.8 Å². The molecule has 224 valence electrons. The molecule has 0 aromatic heterocycles. The van der Waals surface area contributed by atoms with Crippen LogP contribution in [0.1, 0.15) is 72.1 Å². The molecule has 11 heteroatoms. The standard InChI is InChI=1S/C32H31NO10/c1-11(2)19-25-24(16(10-34)29(40)31(19)42)30(41)22(14(6)27(25)38)21-13(5)26(37)23-15(28(21)39)8-17(35)32(20(23)12(3)4)43-18(36)9-33-7/h8,10-12,33,35,37,39H,9H2,1-7H3. The second-order valence-corrected chi connectivity index (χ2v) is 11.1. The van der Waals surface area contributed by atoms with Crippen molar-refractivity contribution in [3.05, 3.63) is 74.8 Å². The maximum atomic E-state index is 14.1. The van der Waals surface area contributed by atoms with Crippen LogP contribution in [0.4, 0.5) is 0 Å². The molecule has 0 radical (unpaired) electrons. The summed E-state index contributed by atoms with van der Waals surface area (Å²) in [6, 6.07) is 1.06. The monoisotopic (exact) mass is 589 g/mol. The number of esters is 1. The topological polar surface area (TPSA) is 184 Å². The second-order valence-electron chi connectivity index (χ2n) is 11.1. The fourth-order valence-corrected chi connectivity index (χ4v) is 5.76. The zero-order valence-electron chi connectivity index (χ0n) is 24.7. The molecular formula is C32H31NO10. The molecule has 2 aliphatic rings. The van der Waals surface area contributed by atoms with Crippen LogP contribution >= 0.6 is 0 Å². The first-order chi connectivity index (χ1) is 20.1. The fourth-order valence-electron chi connectivity index (χ4n) is 5.76. The summed E-state index contributed by atoms with van der Waals surface area (Å²) in [5.74, 6) is -3.56. The molecule has 0 unspecified atom stereocenters. The fraction of sp³-hybridized carbons (Fsp3) is 0.312. The van der Waals surface area contributed by atoms with E-state index in [-0.39, 0.29) is 68.3 Å². The van der Waals surface area contributed by atoms with E-state index in [1.807, 2.05) is 0 Å². The highest BCUT2D eigenvalue weighted by Gasteiger charge is 2.34. The first kappa shape index (κ1) is 31.0. The number of hydrogen-bond acceptors (Lipinski definition) is 11. The van der Waals surface area contributed by atoms with Crippen LogP contribution in [-0.2, 0) is 4.79 Å². The van der Waals surface area contributed by atoms with Crippen LogP contribution < -0.4 is 31.8 Å². The summed E-state index contributed by atoms with van der Waals surface area (Å²) in [7, 11) is 1.53. The average Bonchev–Trinajstić information content (AvgIpc) is 2.93. The summed E-state index contributed by atoms with van der Waals surface area (Å²) in [5.41, 5.74) is -6.48. The van der Waals surface area contributed by atoms with E-state index in [9.17, 15) is 44.1 Å². The lowest BCUT2D eigenvalue weighted by atomic mass is 9.81. The van der Waals surface area contributed by atoms with Gasteiger partial charge in [-0.2, -0.15) is 0 Å². The van der Waals surface area contributed by atoms with E-state index in [0.717, 1.165) is 6.07 Å². The highest BCUT2D eigenvalue weighted by atomic mass is 16.5. The van der Waals surface area contributed by atoms with Gasteiger partial charge >= 0.3 is 5.97 Å². The van der Waals surface area contributed by atoms with Gasteiger partial charge in [0.25, 0.3) is 0 Å². The van der Waals surface area contributed by atoms with Crippen molar-refractivity contribution in [3.63, 3.8) is 0 Å². The molecule has 0 fully saturated rings. The van der Waals surface area contributed by atoms with E-state index in [4.69, 9.17) is 4.74 Å². The van der Waals surface area contributed by atoms with Gasteiger partial charge in [-0.05, 0) is 38.8 Å². The van der Waals surface area contributed by atoms with E-state index in [0.29, 0.717) is 0 Å². The number of carbonyl (C=O) groups is 2. The molecule has 4 rings (SSSR count). The van der Waals surface area contributed by atoms with Gasteiger partial charge in [0.15, 0.2) is 28.6 Å². The number of aromatic hydroxyl groups is 3. The Hall–Kier alpha value is -4.90. The van der Waals surface area contributed by atoms with Crippen LogP contribution in [0.25, 0.3) is 33.0 Å². The van der Waals surface area contributed by atoms with Crippen molar-refractivity contribution in [2.24, 2.45) is 0 Å². The zero-order chi connectivity index (χ0) is 32.2. The third-order valence-electron chi connectivity index (χ3n) is 7.70. The van der Waals surface area contributed by atoms with Crippen molar-refractivity contribution in [1.29, 1.82) is 0 Å². The second kappa shape index (κ2) is 11.1. The minimum absolute atomic E-state index is 0.0384. The normalized spacial score (nSPS) is 11.7. The zero-order valence-corrected chi connectivity index (χ0v) is 24.7. The van der Waals surface area contributed by atoms with Gasteiger partial charge in [0.05, 0.1) is 12.1 Å². The van der Waals surface area contributed by atoms with Crippen LogP contribution in [0.5, 0.6) is 23.0 Å². The first-order valence-electron chi connectivity index (χ1n) is 13.5. The van der Waals surface area contributed by atoms with Gasteiger partial charge in [0, 0.05) is 55.3 Å². The van der Waals surface area contributed by atoms with E-state index in [1.54, 1.807) is 27.7 Å². The van der Waals surface area contributed by atoms with Crippen molar-refractivity contribution < 1.29 is 29.6 Å². The summed E-state index contributed by atoms with van der Waals surface area (Å²) >= 11 is 0. The maximum Gasteiger partial charge on any atom is 0.325 e. The third-order valence-corrected chi connectivity index (χ3v) is 7.70. The molecule has 0 bridgehead atoms. The Morgan fingerprint density at radius 2 is 1.42 bits per heavy atom. The van der Waals surface area contributed by atoms with Crippen molar-refractivity contribution in [1.82, 2.24) is 5.32 Å². The van der Waals surface area contributed by atoms with Crippen molar-refractivity contribution in [3.8, 4) is 45.3 Å². The number of aldehydes is 1. The Bertz CT molecular complexity index is 2030. The SMILES string of the molecule is CNCC(=O)Oc1c(O)cc2c(O)c(-c3c(C)c(=O)c4c(C(C)C)c(=O)c(=O)c(C=O)c-4c3=O)c(C)c(O)c2c1C(C)C. The molecule has 4 N–H and O–H groups in total. The molecule has 0 amide bonds. The van der Waals surface area contributed by atoms with Gasteiger partial charge in [-0.15, -0.1) is 0 Å². The number of rotatable bonds is 7. The molecule has 2 aromatic rings. The Balaban J connectivity index is 2.25. The van der Waals surface area contributed by atoms with Gasteiger partial charge in [-0.3, -0.25) is 28.8 Å². The predicted octanol–water partition coefficient (Wildman–Crippen LogP) is 2.85. The number of fused-ring (bicyclic) bond motifs is 2. The maximum absolute atomic E-state index is 14.1. The van der Waals surface area contributed by atoms with Crippen molar-refractivity contribution in [2.45, 2.75) is 53.4 Å². The molecule has 0 saturated heterocycles. The quantitative estimate of drug-likeness (QED) is 0.0817. The summed E-state index contributed by atoms with van der Waals surface area (Å²) < 4.78 is 5.39. The number of phenolic OH excluding ortho intramolecular Hbond substituents is 3. The Morgan fingerprint density at radius 3 is 1.95 bits per heavy atom. The summed E-state index contributed by atoms with van der Waals surface area (Å²) in [6.07, 6.45) is 0.0601. The first-order valence-corrected chi connectivity index (χ1v) is 13.5. The third kappa shape index (κ3) is 4.56. The number of hydrogen-bond donors (Lipinski definition) is 4. The van der Waals surface area contributed by atoms with Crippen molar-refractivity contribution >= 4 is 23.0 Å². The molecule has 0 saturated carbocycles. The minimum Gasteiger partial charge on any atom is -0.507 e. The largest absolute Gasteiger partial charge is 0.507 e. The molecule has 2 aromatic carbocycles. The van der Waals surface area contributed by atoms with E-state index in [1.165, 1.54) is 20.9 Å². The predicted molar refractivity (Wildman–Crippen MR) is 161 cm³/mol. The van der Waals surface area contributed by atoms with Crippen LogP contribution in [0.3, 0.4) is 0 Å². The molecule has 0 heterocycles. The van der Waals surface area contributed by atoms with Gasteiger partial charge in [-0.1, -0.05) is 27.7 Å². The van der Waals surface area contributed by atoms with Gasteiger partial charge < -0.3 is 25.4 Å². The van der Waals surface area contributed by atoms with Crippen LogP contribution in [0.15, 0.2) is 25.2 Å². The molecule has 2 aliphatic carbocycles. The van der Waals surface area contributed by atoms with Gasteiger partial charge in [0.1, 0.15) is 11.5 Å². The average molecular weight is 590 g/mol. The lowest BCUT2D eigenvalue weighted by Crippen LogP contribution is -2.38. The minimum atomic E-state index is -1.22. The smallest absolute Gasteiger partial charge is 0.325 e. The summed E-state index contributed by atoms with van der Waals surface area (Å²) in [4.78, 5) is 77.8. The number of phenols is 3. The number of carbonyl (C=O) groups excluding carboxylic acids is 2. The Labute approximate surface area is 245 Å². The van der Waals surface area contributed by atoms with Crippen molar-refractivity contribution in [2.75, 3.05) is 13.6 Å². The van der Waals surface area contributed by atoms with Gasteiger partial charge in [-0.25, -0.2) is 0 Å². The molecule has 43 heavy (non-hydrogen) atoms. The molecule has 11 nitrogen and oxygen atoms in total. The van der Waals surface area contributed by atoms with Gasteiger partial charge in [0.2, 0.25) is 10.9 Å².